The van der Waals surface area contributed by atoms with Crippen molar-refractivity contribution in [2.45, 2.75) is 31.0 Å². The number of halogens is 1. The molecule has 0 aliphatic carbocycles. The average Bonchev–Trinajstić information content (AvgIpc) is 3.34. The van der Waals surface area contributed by atoms with Gasteiger partial charge in [0, 0.05) is 33.3 Å². The van der Waals surface area contributed by atoms with Crippen molar-refractivity contribution in [1.82, 2.24) is 4.90 Å². The van der Waals surface area contributed by atoms with Gasteiger partial charge in [-0.1, -0.05) is 54.1 Å². The van der Waals surface area contributed by atoms with Crippen molar-refractivity contribution in [2.24, 2.45) is 0 Å². The Morgan fingerprint density at radius 2 is 1.86 bits per heavy atom. The number of carbonyl (C=O) groups excluding carboxylic acids is 1. The molecule has 36 heavy (non-hydrogen) atoms. The van der Waals surface area contributed by atoms with Crippen LogP contribution in [0.3, 0.4) is 0 Å². The first-order valence-corrected chi connectivity index (χ1v) is 12.1. The molecule has 1 N–H and O–H groups in total. The van der Waals surface area contributed by atoms with Crippen molar-refractivity contribution in [3.63, 3.8) is 0 Å². The molecule has 9 heteroatoms. The van der Waals surface area contributed by atoms with Crippen LogP contribution in [-0.2, 0) is 16.9 Å². The Labute approximate surface area is 213 Å². The zero-order chi connectivity index (χ0) is 25.4. The van der Waals surface area contributed by atoms with E-state index in [1.165, 1.54) is 0 Å². The maximum atomic E-state index is 13.3. The number of nitrogens with one attached hydrogen (secondary N) is 1. The molecule has 0 aromatic heterocycles. The molecule has 2 heterocycles. The Bertz CT molecular complexity index is 1330. The van der Waals surface area contributed by atoms with Gasteiger partial charge in [0.1, 0.15) is 6.61 Å². The van der Waals surface area contributed by atoms with Crippen LogP contribution in [0.25, 0.3) is 0 Å². The van der Waals surface area contributed by atoms with E-state index in [-0.39, 0.29) is 17.4 Å². The Morgan fingerprint density at radius 3 is 2.61 bits per heavy atom. The summed E-state index contributed by atoms with van der Waals surface area (Å²) in [5.41, 5.74) is 1.40. The summed E-state index contributed by atoms with van der Waals surface area (Å²) in [6.45, 7) is 2.85. The van der Waals surface area contributed by atoms with Gasteiger partial charge in [-0.3, -0.25) is 19.8 Å². The normalized spacial score (nSPS) is 22.9. The van der Waals surface area contributed by atoms with Crippen molar-refractivity contribution in [1.29, 1.82) is 0 Å². The molecule has 2 aliphatic heterocycles. The molecular formula is C27H26ClN3O5. The number of likely N-dealkylation sites (N-methyl/N-ethyl adjacent to an activating group) is 1. The van der Waals surface area contributed by atoms with Gasteiger partial charge in [-0.2, -0.15) is 0 Å². The summed E-state index contributed by atoms with van der Waals surface area (Å²) in [4.78, 5) is 27.3. The third-order valence-corrected chi connectivity index (χ3v) is 7.45. The van der Waals surface area contributed by atoms with Crippen LogP contribution in [-0.4, -0.2) is 42.0 Å². The van der Waals surface area contributed by atoms with E-state index in [0.717, 1.165) is 5.56 Å². The molecule has 0 unspecified atom stereocenters. The molecule has 1 fully saturated rings. The van der Waals surface area contributed by atoms with E-state index in [4.69, 9.17) is 21.1 Å². The van der Waals surface area contributed by atoms with Gasteiger partial charge < -0.3 is 14.8 Å². The molecule has 3 aromatic rings. The molecule has 3 atom stereocenters. The van der Waals surface area contributed by atoms with Gasteiger partial charge in [-0.05, 0) is 43.8 Å². The third kappa shape index (κ3) is 3.77. The molecule has 2 aliphatic rings. The summed E-state index contributed by atoms with van der Waals surface area (Å²) in [6.07, 6.45) is 0. The van der Waals surface area contributed by atoms with E-state index in [1.54, 1.807) is 54.4 Å². The molecule has 0 saturated carbocycles. The summed E-state index contributed by atoms with van der Waals surface area (Å²) in [5, 5.41) is 16.0. The first-order chi connectivity index (χ1) is 17.4. The highest BCUT2D eigenvalue weighted by atomic mass is 35.5. The molecule has 3 aromatic carbocycles. The number of hydrogen-bond acceptors (Lipinski definition) is 6. The molecule has 0 bridgehead atoms. The maximum Gasteiger partial charge on any atom is 0.256 e. The van der Waals surface area contributed by atoms with Crippen molar-refractivity contribution in [3.8, 4) is 11.5 Å². The fourth-order valence-corrected chi connectivity index (χ4v) is 5.68. The largest absolute Gasteiger partial charge is 0.490 e. The summed E-state index contributed by atoms with van der Waals surface area (Å²) in [5.74, 6) is 0.0890. The molecule has 5 rings (SSSR count). The van der Waals surface area contributed by atoms with Crippen LogP contribution in [0.2, 0.25) is 5.02 Å². The zero-order valence-corrected chi connectivity index (χ0v) is 20.7. The Morgan fingerprint density at radius 1 is 1.11 bits per heavy atom. The van der Waals surface area contributed by atoms with E-state index in [0.29, 0.717) is 46.5 Å². The zero-order valence-electron chi connectivity index (χ0n) is 19.9. The molecule has 1 spiro atoms. The average molecular weight is 508 g/mol. The lowest BCUT2D eigenvalue weighted by Crippen LogP contribution is -2.54. The van der Waals surface area contributed by atoms with Gasteiger partial charge in [0.25, 0.3) is 11.9 Å². The van der Waals surface area contributed by atoms with E-state index in [9.17, 15) is 14.9 Å². The van der Waals surface area contributed by atoms with Crippen LogP contribution >= 0.6 is 11.6 Å². The van der Waals surface area contributed by atoms with Gasteiger partial charge in [-0.15, -0.1) is 0 Å². The van der Waals surface area contributed by atoms with Crippen LogP contribution in [0.15, 0.2) is 66.7 Å². The highest BCUT2D eigenvalue weighted by Gasteiger charge is 2.68. The fraction of sp³-hybridized carbons (Fsp3) is 0.296. The number of nitrogens with zero attached hydrogens (tertiary/aromatic N) is 2. The SMILES string of the molecule is CCOc1cc([C@@H]2CN(C)[C@@]3(C(=O)Nc4ccccc43)[C@@H]2[N+](=O)[O-])ccc1OCc1ccccc1Cl. The molecular weight excluding hydrogens is 482 g/mol. The Kier molecular flexibility index (Phi) is 6.32. The predicted molar refractivity (Wildman–Crippen MR) is 136 cm³/mol. The predicted octanol–water partition coefficient (Wildman–Crippen LogP) is 4.84. The second-order valence-electron chi connectivity index (χ2n) is 9.00. The van der Waals surface area contributed by atoms with Crippen molar-refractivity contribution in [2.75, 3.05) is 25.5 Å². The fourth-order valence-electron chi connectivity index (χ4n) is 5.49. The van der Waals surface area contributed by atoms with Gasteiger partial charge in [0.15, 0.2) is 17.0 Å². The highest BCUT2D eigenvalue weighted by molar-refractivity contribution is 6.31. The number of rotatable bonds is 7. The van der Waals surface area contributed by atoms with Crippen LogP contribution < -0.4 is 14.8 Å². The number of carbonyl (C=O) groups is 1. The number of hydrogen-bond donors (Lipinski definition) is 1. The number of ether oxygens (including phenoxy) is 2. The van der Waals surface area contributed by atoms with Gasteiger partial charge in [0.2, 0.25) is 0 Å². The number of benzene rings is 3. The molecule has 8 nitrogen and oxygen atoms in total. The Balaban J connectivity index is 1.51. The minimum absolute atomic E-state index is 0.253. The summed E-state index contributed by atoms with van der Waals surface area (Å²) >= 11 is 6.26. The monoisotopic (exact) mass is 507 g/mol. The van der Waals surface area contributed by atoms with Crippen LogP contribution in [0, 0.1) is 10.1 Å². The van der Waals surface area contributed by atoms with Crippen molar-refractivity contribution >= 4 is 23.2 Å². The topological polar surface area (TPSA) is 93.9 Å². The lowest BCUT2D eigenvalue weighted by atomic mass is 9.79. The maximum absolute atomic E-state index is 13.3. The van der Waals surface area contributed by atoms with E-state index < -0.39 is 17.5 Å². The smallest absolute Gasteiger partial charge is 0.256 e. The molecule has 186 valence electrons. The lowest BCUT2D eigenvalue weighted by Gasteiger charge is -2.30. The van der Waals surface area contributed by atoms with Gasteiger partial charge in [-0.25, -0.2) is 0 Å². The minimum atomic E-state index is -1.39. The van der Waals surface area contributed by atoms with Crippen LogP contribution in [0.1, 0.15) is 29.5 Å². The summed E-state index contributed by atoms with van der Waals surface area (Å²) in [6, 6.07) is 18.8. The second kappa shape index (κ2) is 9.44. The van der Waals surface area contributed by atoms with Gasteiger partial charge >= 0.3 is 0 Å². The second-order valence-corrected chi connectivity index (χ2v) is 9.41. The van der Waals surface area contributed by atoms with E-state index in [1.807, 2.05) is 31.2 Å². The number of para-hydroxylation sites is 1. The molecule has 0 radical (unpaired) electrons. The molecule has 1 amide bonds. The third-order valence-electron chi connectivity index (χ3n) is 7.08. The number of likely N-dealkylation sites (tertiary alicyclic amines) is 1. The van der Waals surface area contributed by atoms with Crippen LogP contribution in [0.4, 0.5) is 5.69 Å². The van der Waals surface area contributed by atoms with Crippen LogP contribution in [0.5, 0.6) is 11.5 Å². The first kappa shape index (κ1) is 24.1. The minimum Gasteiger partial charge on any atom is -0.490 e. The van der Waals surface area contributed by atoms with Crippen molar-refractivity contribution < 1.29 is 19.2 Å². The van der Waals surface area contributed by atoms with E-state index >= 15 is 0 Å². The summed E-state index contributed by atoms with van der Waals surface area (Å²) < 4.78 is 11.9. The number of anilines is 1. The molecule has 1 saturated heterocycles. The summed E-state index contributed by atoms with van der Waals surface area (Å²) in [7, 11) is 1.77. The Hall–Kier alpha value is -3.62. The lowest BCUT2D eigenvalue weighted by molar-refractivity contribution is -0.534. The highest BCUT2D eigenvalue weighted by Crippen LogP contribution is 2.52. The number of fused-ring (bicyclic) bond motifs is 2. The quantitative estimate of drug-likeness (QED) is 0.363. The van der Waals surface area contributed by atoms with Crippen molar-refractivity contribution in [3.05, 3.63) is 98.6 Å². The number of amides is 1. The van der Waals surface area contributed by atoms with E-state index in [2.05, 4.69) is 5.32 Å². The van der Waals surface area contributed by atoms with Gasteiger partial charge in [0.05, 0.1) is 12.5 Å². The number of nitro groups is 1. The first-order valence-electron chi connectivity index (χ1n) is 11.8. The standard InChI is InChI=1S/C27H26ClN3O5/c1-3-35-24-14-17(12-13-23(24)36-16-18-8-4-6-10-21(18)28)19-15-30(2)27(25(19)31(33)34)20-9-5-7-11-22(20)29-26(27)32/h4-14,19,25H,3,15-16H2,1-2H3,(H,29,32)/t19-,25+,27+/m0/s1.